The molecule has 0 aliphatic rings. The Balaban J connectivity index is 2.87. The molecule has 1 heterocycles. The van der Waals surface area contributed by atoms with Crippen molar-refractivity contribution in [2.24, 2.45) is 5.73 Å². The molecule has 60 valence electrons. The molecule has 1 aromatic rings. The largest absolute Gasteiger partial charge is 0.351 e. The van der Waals surface area contributed by atoms with Crippen LogP contribution in [0, 0.1) is 13.8 Å². The lowest BCUT2D eigenvalue weighted by Crippen LogP contribution is -2.19. The zero-order valence-electron chi connectivity index (χ0n) is 6.34. The van der Waals surface area contributed by atoms with Crippen LogP contribution in [0.25, 0.3) is 0 Å². The molecule has 0 atom stereocenters. The molecule has 11 heavy (non-hydrogen) atoms. The first kappa shape index (κ1) is 7.59. The minimum Gasteiger partial charge on any atom is -0.351 e. The highest BCUT2D eigenvalue weighted by molar-refractivity contribution is 5.86. The van der Waals surface area contributed by atoms with E-state index in [1.807, 2.05) is 0 Å². The minimum absolute atomic E-state index is 0.315. The van der Waals surface area contributed by atoms with Crippen molar-refractivity contribution >= 4 is 11.9 Å². The van der Waals surface area contributed by atoms with Gasteiger partial charge in [-0.1, -0.05) is 5.16 Å². The average molecular weight is 155 g/mol. The summed E-state index contributed by atoms with van der Waals surface area (Å²) in [6.45, 7) is 3.57. The van der Waals surface area contributed by atoms with Gasteiger partial charge in [0.15, 0.2) is 0 Å². The molecule has 0 unspecified atom stereocenters. The van der Waals surface area contributed by atoms with Crippen LogP contribution in [0.15, 0.2) is 4.52 Å². The van der Waals surface area contributed by atoms with Crippen LogP contribution in [0.3, 0.4) is 0 Å². The van der Waals surface area contributed by atoms with Crippen LogP contribution in [0.1, 0.15) is 11.3 Å². The molecule has 5 heteroatoms. The third kappa shape index (κ3) is 1.49. The van der Waals surface area contributed by atoms with Crippen molar-refractivity contribution in [2.75, 3.05) is 5.32 Å². The summed E-state index contributed by atoms with van der Waals surface area (Å²) < 4.78 is 4.74. The van der Waals surface area contributed by atoms with Crippen molar-refractivity contribution in [1.82, 2.24) is 5.16 Å². The van der Waals surface area contributed by atoms with E-state index < -0.39 is 6.03 Å². The highest BCUT2D eigenvalue weighted by Gasteiger charge is 2.08. The summed E-state index contributed by atoms with van der Waals surface area (Å²) in [7, 11) is 0. The van der Waals surface area contributed by atoms with Gasteiger partial charge in [0.2, 0.25) is 5.88 Å². The normalized spacial score (nSPS) is 9.64. The second kappa shape index (κ2) is 2.61. The Kier molecular flexibility index (Phi) is 1.80. The third-order valence-corrected chi connectivity index (χ3v) is 1.39. The number of urea groups is 1. The van der Waals surface area contributed by atoms with Gasteiger partial charge in [-0.2, -0.15) is 0 Å². The van der Waals surface area contributed by atoms with E-state index in [0.717, 1.165) is 11.3 Å². The number of primary amides is 1. The van der Waals surface area contributed by atoms with Gasteiger partial charge in [-0.15, -0.1) is 0 Å². The van der Waals surface area contributed by atoms with Gasteiger partial charge in [-0.25, -0.2) is 4.79 Å². The smallest absolute Gasteiger partial charge is 0.319 e. The maximum absolute atomic E-state index is 10.4. The molecule has 0 aliphatic heterocycles. The fourth-order valence-corrected chi connectivity index (χ4v) is 0.644. The Bertz CT molecular complexity index is 279. The van der Waals surface area contributed by atoms with Crippen molar-refractivity contribution < 1.29 is 9.32 Å². The summed E-state index contributed by atoms with van der Waals surface area (Å²) in [5.41, 5.74) is 6.40. The fourth-order valence-electron chi connectivity index (χ4n) is 0.644. The zero-order chi connectivity index (χ0) is 8.43. The molecule has 1 rings (SSSR count). The Morgan fingerprint density at radius 1 is 1.64 bits per heavy atom. The lowest BCUT2D eigenvalue weighted by Gasteiger charge is -1.94. The van der Waals surface area contributed by atoms with Gasteiger partial charge in [0.05, 0.1) is 5.69 Å². The minimum atomic E-state index is -0.649. The number of anilines is 1. The number of nitrogens with two attached hydrogens (primary N) is 1. The lowest BCUT2D eigenvalue weighted by molar-refractivity contribution is 0.258. The van der Waals surface area contributed by atoms with E-state index in [-0.39, 0.29) is 0 Å². The van der Waals surface area contributed by atoms with Crippen LogP contribution < -0.4 is 11.1 Å². The monoisotopic (exact) mass is 155 g/mol. The number of carbonyl (C=O) groups excluding carboxylic acids is 1. The summed E-state index contributed by atoms with van der Waals surface area (Å²) in [6, 6.07) is -0.649. The van der Waals surface area contributed by atoms with E-state index in [1.165, 1.54) is 0 Å². The first-order valence-electron chi connectivity index (χ1n) is 3.10. The highest BCUT2D eigenvalue weighted by atomic mass is 16.5. The first-order valence-corrected chi connectivity index (χ1v) is 3.10. The van der Waals surface area contributed by atoms with Crippen molar-refractivity contribution in [3.63, 3.8) is 0 Å². The Labute approximate surface area is 63.5 Å². The molecular weight excluding hydrogens is 146 g/mol. The van der Waals surface area contributed by atoms with Gasteiger partial charge < -0.3 is 10.3 Å². The standard InChI is InChI=1S/C6H9N3O2/c1-3-4(2)9-11-5(3)8-6(7)10/h1-2H3,(H3,7,8,10). The molecular formula is C6H9N3O2. The van der Waals surface area contributed by atoms with Crippen molar-refractivity contribution in [3.05, 3.63) is 11.3 Å². The van der Waals surface area contributed by atoms with Crippen LogP contribution in [0.2, 0.25) is 0 Å². The summed E-state index contributed by atoms with van der Waals surface area (Å²) in [4.78, 5) is 10.4. The van der Waals surface area contributed by atoms with E-state index >= 15 is 0 Å². The number of nitrogens with one attached hydrogen (secondary N) is 1. The molecule has 5 nitrogen and oxygen atoms in total. The average Bonchev–Trinajstić information content (AvgIpc) is 2.18. The molecule has 0 spiro atoms. The highest BCUT2D eigenvalue weighted by Crippen LogP contribution is 2.16. The van der Waals surface area contributed by atoms with E-state index in [9.17, 15) is 4.79 Å². The van der Waals surface area contributed by atoms with Crippen LogP contribution >= 0.6 is 0 Å². The van der Waals surface area contributed by atoms with Crippen LogP contribution in [-0.2, 0) is 0 Å². The predicted molar refractivity (Wildman–Crippen MR) is 39.2 cm³/mol. The molecule has 0 aromatic carbocycles. The number of carbonyl (C=O) groups is 1. The quantitative estimate of drug-likeness (QED) is 0.628. The molecule has 0 bridgehead atoms. The van der Waals surface area contributed by atoms with Gasteiger partial charge in [0.1, 0.15) is 0 Å². The molecule has 2 amide bonds. The molecule has 3 N–H and O–H groups in total. The van der Waals surface area contributed by atoms with E-state index in [0.29, 0.717) is 5.88 Å². The molecule has 1 aromatic heterocycles. The van der Waals surface area contributed by atoms with E-state index in [4.69, 9.17) is 10.3 Å². The fraction of sp³-hybridized carbons (Fsp3) is 0.333. The van der Waals surface area contributed by atoms with Crippen molar-refractivity contribution in [1.29, 1.82) is 0 Å². The van der Waals surface area contributed by atoms with Crippen molar-refractivity contribution in [3.8, 4) is 0 Å². The van der Waals surface area contributed by atoms with Crippen LogP contribution in [0.5, 0.6) is 0 Å². The Morgan fingerprint density at radius 3 is 2.64 bits per heavy atom. The second-order valence-electron chi connectivity index (χ2n) is 2.21. The molecule has 0 radical (unpaired) electrons. The SMILES string of the molecule is Cc1noc(NC(N)=O)c1C. The molecule has 0 saturated heterocycles. The molecule has 0 saturated carbocycles. The molecule has 0 aliphatic carbocycles. The molecule has 0 fully saturated rings. The van der Waals surface area contributed by atoms with Gasteiger partial charge in [-0.3, -0.25) is 5.32 Å². The van der Waals surface area contributed by atoms with E-state index in [1.54, 1.807) is 13.8 Å². The maximum atomic E-state index is 10.4. The van der Waals surface area contributed by atoms with Gasteiger partial charge in [-0.05, 0) is 13.8 Å². The summed E-state index contributed by atoms with van der Waals surface area (Å²) in [5.74, 6) is 0.315. The first-order chi connectivity index (χ1) is 5.11. The van der Waals surface area contributed by atoms with E-state index in [2.05, 4.69) is 10.5 Å². The van der Waals surface area contributed by atoms with Crippen LogP contribution in [-0.4, -0.2) is 11.2 Å². The number of amides is 2. The number of hydrogen-bond acceptors (Lipinski definition) is 3. The lowest BCUT2D eigenvalue weighted by atomic mass is 10.3. The number of aromatic nitrogens is 1. The third-order valence-electron chi connectivity index (χ3n) is 1.39. The maximum Gasteiger partial charge on any atom is 0.319 e. The Morgan fingerprint density at radius 2 is 2.27 bits per heavy atom. The van der Waals surface area contributed by atoms with Gasteiger partial charge >= 0.3 is 6.03 Å². The summed E-state index contributed by atoms with van der Waals surface area (Å²) in [5, 5.41) is 5.93. The number of hydrogen-bond donors (Lipinski definition) is 2. The summed E-state index contributed by atoms with van der Waals surface area (Å²) >= 11 is 0. The number of rotatable bonds is 1. The Hall–Kier alpha value is -1.52. The number of nitrogens with zero attached hydrogens (tertiary/aromatic N) is 1. The predicted octanol–water partition coefficient (Wildman–Crippen LogP) is 0.782. The summed E-state index contributed by atoms with van der Waals surface area (Å²) in [6.07, 6.45) is 0. The zero-order valence-corrected chi connectivity index (χ0v) is 6.34. The van der Waals surface area contributed by atoms with Crippen LogP contribution in [0.4, 0.5) is 10.7 Å². The van der Waals surface area contributed by atoms with Gasteiger partial charge in [0.25, 0.3) is 0 Å². The van der Waals surface area contributed by atoms with Crippen molar-refractivity contribution in [2.45, 2.75) is 13.8 Å². The topological polar surface area (TPSA) is 81.2 Å². The number of aryl methyl sites for hydroxylation is 1. The van der Waals surface area contributed by atoms with Gasteiger partial charge in [0, 0.05) is 5.56 Å². The second-order valence-corrected chi connectivity index (χ2v) is 2.21.